The van der Waals surface area contributed by atoms with Crippen molar-refractivity contribution in [2.75, 3.05) is 27.2 Å². The number of amides is 1. The lowest BCUT2D eigenvalue weighted by atomic mass is 9.90. The van der Waals surface area contributed by atoms with Crippen molar-refractivity contribution in [3.8, 4) is 0 Å². The van der Waals surface area contributed by atoms with Gasteiger partial charge in [0.05, 0.1) is 11.0 Å². The Balaban J connectivity index is 1.36. The Labute approximate surface area is 187 Å². The number of rotatable bonds is 6. The summed E-state index contributed by atoms with van der Waals surface area (Å²) in [5.74, 6) is 0.246. The van der Waals surface area contributed by atoms with Gasteiger partial charge in [0.2, 0.25) is 0 Å². The molecular weight excluding hydrogens is 404 g/mol. The average molecular weight is 435 g/mol. The molecule has 0 spiro atoms. The SMILES string of the molecule is CCc1cc2ncc(CN3CCC(c4ccc(C(=O)NN(C)C)nc4)CC3)cc2[nH]c1=O. The van der Waals surface area contributed by atoms with Crippen molar-refractivity contribution in [1.29, 1.82) is 0 Å². The number of fused-ring (bicyclic) bond motifs is 1. The van der Waals surface area contributed by atoms with Crippen LogP contribution in [0.2, 0.25) is 0 Å². The number of pyridine rings is 3. The first-order valence-electron chi connectivity index (χ1n) is 11.1. The lowest BCUT2D eigenvalue weighted by Crippen LogP contribution is -2.36. The van der Waals surface area contributed by atoms with E-state index in [9.17, 15) is 9.59 Å². The summed E-state index contributed by atoms with van der Waals surface area (Å²) in [4.78, 5) is 38.5. The molecule has 1 amide bonds. The van der Waals surface area contributed by atoms with E-state index in [0.717, 1.165) is 54.6 Å². The van der Waals surface area contributed by atoms with Crippen LogP contribution in [0.4, 0.5) is 0 Å². The lowest BCUT2D eigenvalue weighted by Gasteiger charge is -2.32. The van der Waals surface area contributed by atoms with Crippen LogP contribution in [0.1, 0.15) is 52.9 Å². The van der Waals surface area contributed by atoms with E-state index >= 15 is 0 Å². The van der Waals surface area contributed by atoms with E-state index in [4.69, 9.17) is 0 Å². The molecular formula is C24H30N6O2. The number of nitrogens with one attached hydrogen (secondary N) is 2. The molecule has 4 heterocycles. The fourth-order valence-electron chi connectivity index (χ4n) is 4.24. The number of aromatic amines is 1. The van der Waals surface area contributed by atoms with Gasteiger partial charge in [-0.25, -0.2) is 5.01 Å². The zero-order valence-corrected chi connectivity index (χ0v) is 18.9. The minimum absolute atomic E-state index is 0.0291. The number of carbonyl (C=O) groups excluding carboxylic acids is 1. The molecule has 168 valence electrons. The third kappa shape index (κ3) is 5.03. The van der Waals surface area contributed by atoms with E-state index in [0.29, 0.717) is 18.0 Å². The molecule has 8 nitrogen and oxygen atoms in total. The van der Waals surface area contributed by atoms with Crippen LogP contribution >= 0.6 is 0 Å². The Bertz CT molecular complexity index is 1150. The Kier molecular flexibility index (Phi) is 6.62. The predicted molar refractivity (Wildman–Crippen MR) is 124 cm³/mol. The zero-order valence-electron chi connectivity index (χ0n) is 18.9. The van der Waals surface area contributed by atoms with Gasteiger partial charge in [0.1, 0.15) is 5.69 Å². The van der Waals surface area contributed by atoms with Crippen LogP contribution in [-0.4, -0.2) is 58.0 Å². The summed E-state index contributed by atoms with van der Waals surface area (Å²) in [7, 11) is 3.55. The number of nitrogens with zero attached hydrogens (tertiary/aromatic N) is 4. The number of hydrogen-bond acceptors (Lipinski definition) is 6. The van der Waals surface area contributed by atoms with E-state index in [1.807, 2.05) is 37.5 Å². The fourth-order valence-corrected chi connectivity index (χ4v) is 4.24. The van der Waals surface area contributed by atoms with Gasteiger partial charge in [0, 0.05) is 38.6 Å². The number of aryl methyl sites for hydroxylation is 1. The van der Waals surface area contributed by atoms with Crippen LogP contribution in [0.3, 0.4) is 0 Å². The molecule has 1 saturated heterocycles. The minimum Gasteiger partial charge on any atom is -0.320 e. The molecule has 0 bridgehead atoms. The fraction of sp³-hybridized carbons (Fsp3) is 0.417. The minimum atomic E-state index is -0.201. The molecule has 0 unspecified atom stereocenters. The highest BCUT2D eigenvalue weighted by atomic mass is 16.2. The van der Waals surface area contributed by atoms with E-state index < -0.39 is 0 Å². The van der Waals surface area contributed by atoms with Crippen LogP contribution < -0.4 is 11.0 Å². The summed E-state index contributed by atoms with van der Waals surface area (Å²) in [6.07, 6.45) is 6.53. The largest absolute Gasteiger partial charge is 0.320 e. The van der Waals surface area contributed by atoms with E-state index in [2.05, 4.69) is 25.3 Å². The van der Waals surface area contributed by atoms with Gasteiger partial charge >= 0.3 is 0 Å². The number of carbonyl (C=O) groups is 1. The van der Waals surface area contributed by atoms with Gasteiger partial charge in [-0.3, -0.25) is 29.9 Å². The summed E-state index contributed by atoms with van der Waals surface area (Å²) < 4.78 is 0. The van der Waals surface area contributed by atoms with Crippen molar-refractivity contribution in [1.82, 2.24) is 30.3 Å². The molecule has 0 aromatic carbocycles. The van der Waals surface area contributed by atoms with Crippen LogP contribution in [0, 0.1) is 0 Å². The quantitative estimate of drug-likeness (QED) is 0.579. The van der Waals surface area contributed by atoms with Crippen molar-refractivity contribution in [2.24, 2.45) is 0 Å². The number of hydrazine groups is 1. The summed E-state index contributed by atoms with van der Waals surface area (Å²) in [6, 6.07) is 7.74. The molecule has 1 aliphatic heterocycles. The molecule has 1 fully saturated rings. The topological polar surface area (TPSA) is 94.2 Å². The van der Waals surface area contributed by atoms with E-state index in [1.54, 1.807) is 25.2 Å². The van der Waals surface area contributed by atoms with Crippen LogP contribution in [0.15, 0.2) is 41.5 Å². The van der Waals surface area contributed by atoms with E-state index in [-0.39, 0.29) is 11.5 Å². The molecule has 2 N–H and O–H groups in total. The molecule has 3 aromatic rings. The lowest BCUT2D eigenvalue weighted by molar-refractivity contribution is 0.0851. The number of hydrogen-bond donors (Lipinski definition) is 2. The highest BCUT2D eigenvalue weighted by molar-refractivity contribution is 5.91. The summed E-state index contributed by atoms with van der Waals surface area (Å²) in [5, 5.41) is 1.61. The highest BCUT2D eigenvalue weighted by Crippen LogP contribution is 2.28. The smallest absolute Gasteiger partial charge is 0.284 e. The summed E-state index contributed by atoms with van der Waals surface area (Å²) >= 11 is 0. The number of H-pyrrole nitrogens is 1. The van der Waals surface area contributed by atoms with Crippen LogP contribution in [-0.2, 0) is 13.0 Å². The molecule has 0 saturated carbocycles. The second-order valence-electron chi connectivity index (χ2n) is 8.62. The maximum absolute atomic E-state index is 12.1. The molecule has 0 aliphatic carbocycles. The molecule has 32 heavy (non-hydrogen) atoms. The number of aromatic nitrogens is 3. The molecule has 3 aromatic heterocycles. The van der Waals surface area contributed by atoms with Gasteiger partial charge in [-0.15, -0.1) is 0 Å². The van der Waals surface area contributed by atoms with Gasteiger partial charge in [0.25, 0.3) is 11.5 Å². The first kappa shape index (κ1) is 22.1. The first-order chi connectivity index (χ1) is 15.4. The number of piperidine rings is 1. The summed E-state index contributed by atoms with van der Waals surface area (Å²) in [6.45, 7) is 4.75. The van der Waals surface area contributed by atoms with Gasteiger partial charge in [0.15, 0.2) is 0 Å². The van der Waals surface area contributed by atoms with Crippen molar-refractivity contribution in [2.45, 2.75) is 38.6 Å². The maximum atomic E-state index is 12.1. The Hall–Kier alpha value is -3.10. The highest BCUT2D eigenvalue weighted by Gasteiger charge is 2.21. The van der Waals surface area contributed by atoms with Gasteiger partial charge in [-0.2, -0.15) is 0 Å². The Morgan fingerprint density at radius 2 is 1.97 bits per heavy atom. The first-order valence-corrected chi connectivity index (χ1v) is 11.1. The standard InChI is InChI=1S/C24H30N6O2/c1-4-17-12-21-22(27-23(17)31)11-16(13-25-21)15-30-9-7-18(8-10-30)19-5-6-20(26-14-19)24(32)28-29(2)3/h5-6,11-14,18H,4,7-10,15H2,1-3H3,(H,27,31)(H,28,32). The predicted octanol–water partition coefficient (Wildman–Crippen LogP) is 2.47. The molecule has 8 heteroatoms. The monoisotopic (exact) mass is 434 g/mol. The molecule has 1 aliphatic rings. The second-order valence-corrected chi connectivity index (χ2v) is 8.62. The van der Waals surface area contributed by atoms with Crippen molar-refractivity contribution >= 4 is 16.9 Å². The molecule has 4 rings (SSSR count). The zero-order chi connectivity index (χ0) is 22.7. The third-order valence-electron chi connectivity index (χ3n) is 6.02. The second kappa shape index (κ2) is 9.58. The van der Waals surface area contributed by atoms with E-state index in [1.165, 1.54) is 5.56 Å². The average Bonchev–Trinajstić information content (AvgIpc) is 2.79. The van der Waals surface area contributed by atoms with Gasteiger partial charge in [-0.1, -0.05) is 13.0 Å². The maximum Gasteiger partial charge on any atom is 0.284 e. The molecule has 0 radical (unpaired) electrons. The normalized spacial score (nSPS) is 15.4. The van der Waals surface area contributed by atoms with Gasteiger partial charge < -0.3 is 4.98 Å². The van der Waals surface area contributed by atoms with Crippen molar-refractivity contribution in [3.63, 3.8) is 0 Å². The van der Waals surface area contributed by atoms with Gasteiger partial charge in [-0.05, 0) is 67.6 Å². The van der Waals surface area contributed by atoms with Crippen LogP contribution in [0.5, 0.6) is 0 Å². The Morgan fingerprint density at radius 3 is 2.62 bits per heavy atom. The van der Waals surface area contributed by atoms with Crippen molar-refractivity contribution < 1.29 is 4.79 Å². The third-order valence-corrected chi connectivity index (χ3v) is 6.02. The molecule has 0 atom stereocenters. The van der Waals surface area contributed by atoms with Crippen molar-refractivity contribution in [3.05, 3.63) is 69.4 Å². The van der Waals surface area contributed by atoms with Crippen LogP contribution in [0.25, 0.3) is 11.0 Å². The Morgan fingerprint density at radius 1 is 1.19 bits per heavy atom. The summed E-state index contributed by atoms with van der Waals surface area (Å²) in [5.41, 5.74) is 7.78. The number of likely N-dealkylation sites (tertiary alicyclic amines) is 1.